The molecule has 0 aliphatic rings. The largest absolute Gasteiger partial charge is 0.467 e. The van der Waals surface area contributed by atoms with Crippen LogP contribution in [0.15, 0.2) is 41.0 Å². The lowest BCUT2D eigenvalue weighted by molar-refractivity contribution is 0.507. The SMILES string of the molecule is CN(Cc1ccco1)c1cc(F)cc(CCN)c1. The monoisotopic (exact) mass is 248 g/mol. The molecule has 0 aliphatic carbocycles. The first-order valence-electron chi connectivity index (χ1n) is 5.92. The van der Waals surface area contributed by atoms with Crippen LogP contribution in [0.1, 0.15) is 11.3 Å². The Morgan fingerprint density at radius 2 is 2.17 bits per heavy atom. The van der Waals surface area contributed by atoms with Gasteiger partial charge >= 0.3 is 0 Å². The molecule has 0 radical (unpaired) electrons. The van der Waals surface area contributed by atoms with Gasteiger partial charge in [0.05, 0.1) is 12.8 Å². The van der Waals surface area contributed by atoms with Gasteiger partial charge in [-0.1, -0.05) is 0 Å². The van der Waals surface area contributed by atoms with Crippen molar-refractivity contribution >= 4 is 5.69 Å². The van der Waals surface area contributed by atoms with Gasteiger partial charge in [0, 0.05) is 12.7 Å². The van der Waals surface area contributed by atoms with Gasteiger partial charge in [0.15, 0.2) is 0 Å². The minimum atomic E-state index is -0.234. The van der Waals surface area contributed by atoms with Crippen LogP contribution in [-0.4, -0.2) is 13.6 Å². The quantitative estimate of drug-likeness (QED) is 0.884. The van der Waals surface area contributed by atoms with Gasteiger partial charge in [-0.15, -0.1) is 0 Å². The molecule has 0 aliphatic heterocycles. The molecular formula is C14H17FN2O. The summed E-state index contributed by atoms with van der Waals surface area (Å²) in [6, 6.07) is 8.74. The number of hydrogen-bond acceptors (Lipinski definition) is 3. The van der Waals surface area contributed by atoms with Crippen LogP contribution < -0.4 is 10.6 Å². The zero-order chi connectivity index (χ0) is 13.0. The Kier molecular flexibility index (Phi) is 3.99. The van der Waals surface area contributed by atoms with Crippen LogP contribution in [0.3, 0.4) is 0 Å². The number of benzene rings is 1. The lowest BCUT2D eigenvalue weighted by Crippen LogP contribution is -2.16. The maximum Gasteiger partial charge on any atom is 0.125 e. The number of nitrogens with two attached hydrogens (primary N) is 1. The summed E-state index contributed by atoms with van der Waals surface area (Å²) in [7, 11) is 1.91. The van der Waals surface area contributed by atoms with Gasteiger partial charge in [-0.3, -0.25) is 0 Å². The van der Waals surface area contributed by atoms with Gasteiger partial charge in [0.1, 0.15) is 11.6 Å². The lowest BCUT2D eigenvalue weighted by Gasteiger charge is -2.19. The van der Waals surface area contributed by atoms with Crippen molar-refractivity contribution in [2.24, 2.45) is 5.73 Å². The summed E-state index contributed by atoms with van der Waals surface area (Å²) in [4.78, 5) is 1.95. The van der Waals surface area contributed by atoms with Gasteiger partial charge in [-0.05, 0) is 48.9 Å². The number of anilines is 1. The molecule has 1 aromatic carbocycles. The average Bonchev–Trinajstić information content (AvgIpc) is 2.81. The molecule has 0 saturated carbocycles. The molecule has 96 valence electrons. The van der Waals surface area contributed by atoms with Crippen molar-refractivity contribution in [1.29, 1.82) is 0 Å². The molecule has 0 saturated heterocycles. The maximum atomic E-state index is 13.5. The van der Waals surface area contributed by atoms with Crippen LogP contribution in [-0.2, 0) is 13.0 Å². The Hall–Kier alpha value is -1.81. The molecule has 2 N–H and O–H groups in total. The van der Waals surface area contributed by atoms with E-state index in [4.69, 9.17) is 10.2 Å². The van der Waals surface area contributed by atoms with Crippen LogP contribution in [0.2, 0.25) is 0 Å². The predicted octanol–water partition coefficient (Wildman–Crippen LogP) is 2.56. The van der Waals surface area contributed by atoms with Gasteiger partial charge in [0.25, 0.3) is 0 Å². The number of nitrogens with zero attached hydrogens (tertiary/aromatic N) is 1. The highest BCUT2D eigenvalue weighted by atomic mass is 19.1. The smallest absolute Gasteiger partial charge is 0.125 e. The van der Waals surface area contributed by atoms with E-state index in [0.29, 0.717) is 19.5 Å². The van der Waals surface area contributed by atoms with E-state index in [0.717, 1.165) is 17.0 Å². The second kappa shape index (κ2) is 5.69. The highest BCUT2D eigenvalue weighted by Gasteiger charge is 2.07. The van der Waals surface area contributed by atoms with E-state index in [1.54, 1.807) is 6.26 Å². The van der Waals surface area contributed by atoms with Gasteiger partial charge in [-0.25, -0.2) is 4.39 Å². The molecule has 3 nitrogen and oxygen atoms in total. The molecule has 0 atom stereocenters. The zero-order valence-corrected chi connectivity index (χ0v) is 10.4. The molecule has 0 fully saturated rings. The number of furan rings is 1. The van der Waals surface area contributed by atoms with Crippen molar-refractivity contribution in [3.05, 3.63) is 53.7 Å². The summed E-state index contributed by atoms with van der Waals surface area (Å²) in [6.07, 6.45) is 2.31. The van der Waals surface area contributed by atoms with Crippen LogP contribution in [0, 0.1) is 5.82 Å². The molecule has 0 amide bonds. The van der Waals surface area contributed by atoms with E-state index >= 15 is 0 Å². The lowest BCUT2D eigenvalue weighted by atomic mass is 10.1. The Bertz CT molecular complexity index is 497. The molecule has 1 aromatic heterocycles. The molecule has 0 bridgehead atoms. The molecule has 0 spiro atoms. The summed E-state index contributed by atoms with van der Waals surface area (Å²) in [5.74, 6) is 0.615. The minimum Gasteiger partial charge on any atom is -0.467 e. The fourth-order valence-electron chi connectivity index (χ4n) is 1.89. The average molecular weight is 248 g/mol. The van der Waals surface area contributed by atoms with E-state index in [1.807, 2.05) is 30.1 Å². The van der Waals surface area contributed by atoms with Crippen molar-refractivity contribution in [3.63, 3.8) is 0 Å². The number of hydrogen-bond donors (Lipinski definition) is 1. The maximum absolute atomic E-state index is 13.5. The first kappa shape index (κ1) is 12.6. The first-order chi connectivity index (χ1) is 8.69. The first-order valence-corrected chi connectivity index (χ1v) is 5.92. The van der Waals surface area contributed by atoms with Crippen molar-refractivity contribution < 1.29 is 8.81 Å². The topological polar surface area (TPSA) is 42.4 Å². The zero-order valence-electron chi connectivity index (χ0n) is 10.4. The molecule has 18 heavy (non-hydrogen) atoms. The minimum absolute atomic E-state index is 0.234. The second-order valence-corrected chi connectivity index (χ2v) is 4.29. The molecular weight excluding hydrogens is 231 g/mol. The van der Waals surface area contributed by atoms with Crippen molar-refractivity contribution in [2.45, 2.75) is 13.0 Å². The Morgan fingerprint density at radius 3 is 2.83 bits per heavy atom. The van der Waals surface area contributed by atoms with Gasteiger partial charge < -0.3 is 15.1 Å². The molecule has 1 heterocycles. The number of rotatable bonds is 5. The third-order valence-corrected chi connectivity index (χ3v) is 2.79. The van der Waals surface area contributed by atoms with Gasteiger partial charge in [-0.2, -0.15) is 0 Å². The normalized spacial score (nSPS) is 10.6. The third kappa shape index (κ3) is 3.11. The van der Waals surface area contributed by atoms with E-state index in [1.165, 1.54) is 12.1 Å². The highest BCUT2D eigenvalue weighted by molar-refractivity contribution is 5.48. The standard InChI is InChI=1S/C14H17FN2O/c1-17(10-14-3-2-6-18-14)13-8-11(4-5-16)7-12(15)9-13/h2-3,6-9H,4-5,10,16H2,1H3. The van der Waals surface area contributed by atoms with E-state index in [-0.39, 0.29) is 5.82 Å². The van der Waals surface area contributed by atoms with Crippen molar-refractivity contribution in [2.75, 3.05) is 18.5 Å². The second-order valence-electron chi connectivity index (χ2n) is 4.29. The third-order valence-electron chi connectivity index (χ3n) is 2.79. The van der Waals surface area contributed by atoms with Gasteiger partial charge in [0.2, 0.25) is 0 Å². The summed E-state index contributed by atoms with van der Waals surface area (Å²) in [6.45, 7) is 1.13. The molecule has 0 unspecified atom stereocenters. The summed E-state index contributed by atoms with van der Waals surface area (Å²) < 4.78 is 18.8. The fraction of sp³-hybridized carbons (Fsp3) is 0.286. The molecule has 2 rings (SSSR count). The van der Waals surface area contributed by atoms with E-state index < -0.39 is 0 Å². The fourth-order valence-corrected chi connectivity index (χ4v) is 1.89. The van der Waals surface area contributed by atoms with Crippen LogP contribution in [0.25, 0.3) is 0 Å². The van der Waals surface area contributed by atoms with E-state index in [2.05, 4.69) is 0 Å². The van der Waals surface area contributed by atoms with Crippen LogP contribution >= 0.6 is 0 Å². The predicted molar refractivity (Wildman–Crippen MR) is 70.0 cm³/mol. The molecule has 4 heteroatoms. The molecule has 2 aromatic rings. The van der Waals surface area contributed by atoms with Crippen molar-refractivity contribution in [3.8, 4) is 0 Å². The summed E-state index contributed by atoms with van der Waals surface area (Å²) >= 11 is 0. The summed E-state index contributed by atoms with van der Waals surface area (Å²) in [5, 5.41) is 0. The van der Waals surface area contributed by atoms with Crippen LogP contribution in [0.4, 0.5) is 10.1 Å². The number of halogens is 1. The van der Waals surface area contributed by atoms with E-state index in [9.17, 15) is 4.39 Å². The Morgan fingerprint density at radius 1 is 1.33 bits per heavy atom. The Labute approximate surface area is 106 Å². The Balaban J connectivity index is 2.16. The van der Waals surface area contributed by atoms with Crippen LogP contribution in [0.5, 0.6) is 0 Å². The highest BCUT2D eigenvalue weighted by Crippen LogP contribution is 2.20. The summed E-state index contributed by atoms with van der Waals surface area (Å²) in [5.41, 5.74) is 7.24. The van der Waals surface area contributed by atoms with Crippen molar-refractivity contribution in [1.82, 2.24) is 0 Å².